The first-order chi connectivity index (χ1) is 13.6. The Kier molecular flexibility index (Phi) is 5.56. The van der Waals surface area contributed by atoms with Gasteiger partial charge in [0.25, 0.3) is 0 Å². The van der Waals surface area contributed by atoms with Crippen LogP contribution < -0.4 is 0 Å². The van der Waals surface area contributed by atoms with Gasteiger partial charge >= 0.3 is 5.97 Å². The van der Waals surface area contributed by atoms with Crippen LogP contribution in [0.2, 0.25) is 0 Å². The van der Waals surface area contributed by atoms with E-state index in [2.05, 4.69) is 11.1 Å². The number of halogens is 1. The number of benzene rings is 1. The van der Waals surface area contributed by atoms with E-state index in [0.717, 1.165) is 23.2 Å². The van der Waals surface area contributed by atoms with Crippen molar-refractivity contribution in [3.8, 4) is 11.1 Å². The van der Waals surface area contributed by atoms with E-state index >= 15 is 0 Å². The van der Waals surface area contributed by atoms with Gasteiger partial charge in [0, 0.05) is 24.6 Å². The molecule has 2 fully saturated rings. The van der Waals surface area contributed by atoms with E-state index in [1.165, 1.54) is 44.7 Å². The van der Waals surface area contributed by atoms with Crippen LogP contribution in [-0.2, 0) is 9.53 Å². The third-order valence-corrected chi connectivity index (χ3v) is 6.18. The Labute approximate surface area is 165 Å². The predicted octanol–water partition coefficient (Wildman–Crippen LogP) is 5.66. The highest BCUT2D eigenvalue weighted by atomic mass is 19.1. The Morgan fingerprint density at radius 1 is 1.18 bits per heavy atom. The quantitative estimate of drug-likeness (QED) is 0.644. The molecule has 1 aromatic carbocycles. The number of carbonyl (C=O) groups excluding carboxylic acids is 1. The number of carbonyl (C=O) groups is 1. The highest BCUT2D eigenvalue weighted by molar-refractivity contribution is 5.66. The van der Waals surface area contributed by atoms with Crippen molar-refractivity contribution >= 4 is 12.0 Å². The van der Waals surface area contributed by atoms with Crippen LogP contribution in [0.1, 0.15) is 44.7 Å². The summed E-state index contributed by atoms with van der Waals surface area (Å²) < 4.78 is 19.1. The number of nitrogens with zero attached hydrogens (tertiary/aromatic N) is 1. The zero-order valence-corrected chi connectivity index (χ0v) is 16.2. The molecular formula is C24H26FNO2. The smallest absolute Gasteiger partial charge is 0.302 e. The van der Waals surface area contributed by atoms with Gasteiger partial charge < -0.3 is 4.74 Å². The molecule has 2 aliphatic rings. The van der Waals surface area contributed by atoms with Gasteiger partial charge in [-0.15, -0.1) is 0 Å². The first-order valence-corrected chi connectivity index (χ1v) is 10.2. The van der Waals surface area contributed by atoms with E-state index in [4.69, 9.17) is 4.74 Å². The van der Waals surface area contributed by atoms with Crippen LogP contribution in [0.3, 0.4) is 0 Å². The number of rotatable bonds is 4. The molecule has 1 unspecified atom stereocenters. The number of fused-ring (bicyclic) bond motifs is 1. The highest BCUT2D eigenvalue weighted by Crippen LogP contribution is 2.47. The summed E-state index contributed by atoms with van der Waals surface area (Å²) in [4.78, 5) is 16.1. The Balaban J connectivity index is 1.50. The molecule has 1 aromatic heterocycles. The summed E-state index contributed by atoms with van der Waals surface area (Å²) in [5.41, 5.74) is 2.57. The Hall–Kier alpha value is -2.49. The van der Waals surface area contributed by atoms with Crippen LogP contribution >= 0.6 is 0 Å². The fraction of sp³-hybridized carbons (Fsp3) is 0.417. The minimum absolute atomic E-state index is 0.0200. The first-order valence-electron chi connectivity index (χ1n) is 10.2. The normalized spacial score (nSPS) is 26.9. The van der Waals surface area contributed by atoms with Gasteiger partial charge in [-0.05, 0) is 54.5 Å². The van der Waals surface area contributed by atoms with Crippen molar-refractivity contribution in [3.63, 3.8) is 0 Å². The van der Waals surface area contributed by atoms with Gasteiger partial charge in [-0.2, -0.15) is 0 Å². The van der Waals surface area contributed by atoms with Crippen molar-refractivity contribution in [2.45, 2.75) is 45.1 Å². The van der Waals surface area contributed by atoms with Gasteiger partial charge in [-0.25, -0.2) is 4.39 Å². The lowest BCUT2D eigenvalue weighted by molar-refractivity contribution is -0.147. The molecule has 4 rings (SSSR count). The highest BCUT2D eigenvalue weighted by Gasteiger charge is 2.44. The van der Waals surface area contributed by atoms with Gasteiger partial charge in [0.15, 0.2) is 0 Å². The summed E-state index contributed by atoms with van der Waals surface area (Å²) >= 11 is 0. The maximum absolute atomic E-state index is 13.4. The number of ether oxygens (including phenoxy) is 1. The second-order valence-electron chi connectivity index (χ2n) is 8.01. The van der Waals surface area contributed by atoms with Gasteiger partial charge in [0.05, 0.1) is 5.69 Å². The summed E-state index contributed by atoms with van der Waals surface area (Å²) in [6, 6.07) is 10.4. The Morgan fingerprint density at radius 3 is 2.79 bits per heavy atom. The molecule has 4 atom stereocenters. The van der Waals surface area contributed by atoms with Crippen LogP contribution in [-0.4, -0.2) is 17.1 Å². The molecule has 2 aromatic rings. The van der Waals surface area contributed by atoms with E-state index in [1.54, 1.807) is 12.3 Å². The summed E-state index contributed by atoms with van der Waals surface area (Å²) in [5.74, 6) is 1.08. The van der Waals surface area contributed by atoms with Gasteiger partial charge in [0.2, 0.25) is 0 Å². The van der Waals surface area contributed by atoms with Crippen molar-refractivity contribution in [3.05, 3.63) is 60.2 Å². The van der Waals surface area contributed by atoms with E-state index in [9.17, 15) is 9.18 Å². The van der Waals surface area contributed by atoms with Crippen molar-refractivity contribution < 1.29 is 13.9 Å². The number of hydrogen-bond acceptors (Lipinski definition) is 3. The third-order valence-electron chi connectivity index (χ3n) is 6.18. The van der Waals surface area contributed by atoms with Crippen molar-refractivity contribution in [2.75, 3.05) is 0 Å². The van der Waals surface area contributed by atoms with Crippen LogP contribution in [0.25, 0.3) is 17.2 Å². The second-order valence-corrected chi connectivity index (χ2v) is 8.01. The SMILES string of the molecule is CC(=O)OC1C[C@@H]2CCCC[C@@H]2[C@H]1/C=C/c1ccc(-c2cccc(F)c2)cn1. The molecule has 146 valence electrons. The molecule has 0 spiro atoms. The topological polar surface area (TPSA) is 39.2 Å². The summed E-state index contributed by atoms with van der Waals surface area (Å²) in [6.07, 6.45) is 12.0. The number of pyridine rings is 1. The van der Waals surface area contributed by atoms with Crippen LogP contribution in [0.5, 0.6) is 0 Å². The van der Waals surface area contributed by atoms with E-state index in [0.29, 0.717) is 11.8 Å². The summed E-state index contributed by atoms with van der Waals surface area (Å²) in [5, 5.41) is 0. The van der Waals surface area contributed by atoms with Gasteiger partial charge in [-0.1, -0.05) is 43.5 Å². The molecule has 1 heterocycles. The van der Waals surface area contributed by atoms with Crippen LogP contribution in [0.4, 0.5) is 4.39 Å². The monoisotopic (exact) mass is 379 g/mol. The van der Waals surface area contributed by atoms with Crippen molar-refractivity contribution in [1.82, 2.24) is 4.98 Å². The zero-order chi connectivity index (χ0) is 19.5. The molecule has 0 amide bonds. The Morgan fingerprint density at radius 2 is 2.04 bits per heavy atom. The largest absolute Gasteiger partial charge is 0.462 e. The molecule has 0 radical (unpaired) electrons. The minimum Gasteiger partial charge on any atom is -0.462 e. The third kappa shape index (κ3) is 4.16. The molecule has 0 bridgehead atoms. The standard InChI is InChI=1S/C24H26FNO2/c1-16(27)28-24-14-18-5-2-3-8-22(18)23(24)12-11-21-10-9-19(15-26-21)17-6-4-7-20(25)13-17/h4,6-7,9-13,15,18,22-24H,2-3,5,8,14H2,1H3/b12-11+/t18-,22-,23+,24?/m0/s1. The van der Waals surface area contributed by atoms with Gasteiger partial charge in [-0.3, -0.25) is 9.78 Å². The summed E-state index contributed by atoms with van der Waals surface area (Å²) in [6.45, 7) is 1.50. The minimum atomic E-state index is -0.249. The van der Waals surface area contributed by atoms with E-state index in [1.807, 2.05) is 24.3 Å². The van der Waals surface area contributed by atoms with Crippen LogP contribution in [0, 0.1) is 23.6 Å². The Bertz CT molecular complexity index is 861. The fourth-order valence-corrected chi connectivity index (χ4v) is 4.93. The molecule has 0 saturated heterocycles. The number of aromatic nitrogens is 1. The lowest BCUT2D eigenvalue weighted by Crippen LogP contribution is -2.24. The molecular weight excluding hydrogens is 353 g/mol. The maximum atomic E-state index is 13.4. The molecule has 3 nitrogen and oxygen atoms in total. The van der Waals surface area contributed by atoms with E-state index in [-0.39, 0.29) is 23.8 Å². The lowest BCUT2D eigenvalue weighted by Gasteiger charge is -2.28. The van der Waals surface area contributed by atoms with Crippen LogP contribution in [0.15, 0.2) is 48.7 Å². The average molecular weight is 379 g/mol. The first kappa shape index (κ1) is 18.9. The molecule has 4 heteroatoms. The molecule has 0 N–H and O–H groups in total. The molecule has 2 aliphatic carbocycles. The average Bonchev–Trinajstić information content (AvgIpc) is 3.03. The molecule has 2 saturated carbocycles. The van der Waals surface area contributed by atoms with Crippen molar-refractivity contribution in [2.24, 2.45) is 17.8 Å². The zero-order valence-electron chi connectivity index (χ0n) is 16.2. The van der Waals surface area contributed by atoms with E-state index < -0.39 is 0 Å². The maximum Gasteiger partial charge on any atom is 0.302 e. The van der Waals surface area contributed by atoms with Crippen molar-refractivity contribution in [1.29, 1.82) is 0 Å². The number of hydrogen-bond donors (Lipinski definition) is 0. The predicted molar refractivity (Wildman–Crippen MR) is 108 cm³/mol. The molecule has 28 heavy (non-hydrogen) atoms. The molecule has 0 aliphatic heterocycles. The lowest BCUT2D eigenvalue weighted by atomic mass is 9.78. The number of esters is 1. The fourth-order valence-electron chi connectivity index (χ4n) is 4.93. The van der Waals surface area contributed by atoms with Gasteiger partial charge in [0.1, 0.15) is 11.9 Å². The second kappa shape index (κ2) is 8.26. The summed E-state index contributed by atoms with van der Waals surface area (Å²) in [7, 11) is 0.